The van der Waals surface area contributed by atoms with E-state index in [1.165, 1.54) is 7.11 Å². The third kappa shape index (κ3) is 1.28. The van der Waals surface area contributed by atoms with Crippen molar-refractivity contribution in [3.63, 3.8) is 0 Å². The average Bonchev–Trinajstić information content (AvgIpc) is 2.17. The van der Waals surface area contributed by atoms with Gasteiger partial charge in [0.05, 0.1) is 13.2 Å². The molecule has 1 aromatic carbocycles. The zero-order chi connectivity index (χ0) is 10.1. The molecule has 72 valence electrons. The molecule has 1 heterocycles. The van der Waals surface area contributed by atoms with Crippen molar-refractivity contribution < 1.29 is 9.47 Å². The lowest BCUT2D eigenvalue weighted by Crippen LogP contribution is -2.32. The zero-order valence-corrected chi connectivity index (χ0v) is 7.48. The summed E-state index contributed by atoms with van der Waals surface area (Å²) in [5, 5.41) is 11.3. The van der Waals surface area contributed by atoms with E-state index in [0.717, 1.165) is 6.20 Å². The first-order valence-corrected chi connectivity index (χ1v) is 4.01. The number of ether oxygens (including phenoxy) is 1. The summed E-state index contributed by atoms with van der Waals surface area (Å²) < 4.78 is 5.49. The molecule has 0 unspecified atom stereocenters. The van der Waals surface area contributed by atoms with E-state index in [4.69, 9.17) is 4.74 Å². The van der Waals surface area contributed by atoms with Crippen LogP contribution in [-0.2, 0) is 0 Å². The van der Waals surface area contributed by atoms with Gasteiger partial charge in [-0.25, -0.2) is 0 Å². The number of nitrogens with one attached hydrogen (secondary N) is 1. The molecule has 0 radical (unpaired) electrons. The quantitative estimate of drug-likeness (QED) is 0.517. The van der Waals surface area contributed by atoms with Crippen molar-refractivity contribution in [2.45, 2.75) is 0 Å². The van der Waals surface area contributed by atoms with Gasteiger partial charge in [0.15, 0.2) is 0 Å². The van der Waals surface area contributed by atoms with Crippen LogP contribution in [0.5, 0.6) is 5.75 Å². The highest BCUT2D eigenvalue weighted by Gasteiger charge is 2.06. The Morgan fingerprint density at radius 2 is 2.29 bits per heavy atom. The van der Waals surface area contributed by atoms with Gasteiger partial charge in [-0.3, -0.25) is 4.79 Å². The van der Waals surface area contributed by atoms with Gasteiger partial charge in [0.1, 0.15) is 11.3 Å². The predicted octanol–water partition coefficient (Wildman–Crippen LogP) is 0.170. The maximum Gasteiger partial charge on any atom is 0.314 e. The molecule has 0 saturated heterocycles. The lowest BCUT2D eigenvalue weighted by molar-refractivity contribution is -0.578. The second-order valence-electron chi connectivity index (χ2n) is 2.83. The summed E-state index contributed by atoms with van der Waals surface area (Å²) in [7, 11) is 1.52. The van der Waals surface area contributed by atoms with E-state index in [-0.39, 0.29) is 0 Å². The highest BCUT2D eigenvalue weighted by Crippen LogP contribution is 2.14. The SMILES string of the molecule is COc1ccc2[nH]c(=O)c[n+]([O-])c2c1. The summed E-state index contributed by atoms with van der Waals surface area (Å²) in [6, 6.07) is 4.88. The molecule has 0 aliphatic rings. The number of aromatic nitrogens is 2. The Morgan fingerprint density at radius 1 is 1.50 bits per heavy atom. The minimum Gasteiger partial charge on any atom is -0.618 e. The predicted molar refractivity (Wildman–Crippen MR) is 50.1 cm³/mol. The van der Waals surface area contributed by atoms with Crippen LogP contribution in [0, 0.1) is 5.21 Å². The van der Waals surface area contributed by atoms with E-state index in [0.29, 0.717) is 21.5 Å². The van der Waals surface area contributed by atoms with Gasteiger partial charge in [0.25, 0.3) is 0 Å². The van der Waals surface area contributed by atoms with Gasteiger partial charge in [-0.1, -0.05) is 0 Å². The molecular weight excluding hydrogens is 184 g/mol. The molecule has 5 nitrogen and oxygen atoms in total. The first-order chi connectivity index (χ1) is 6.70. The molecule has 1 aromatic heterocycles. The summed E-state index contributed by atoms with van der Waals surface area (Å²) in [5.41, 5.74) is 0.454. The van der Waals surface area contributed by atoms with Gasteiger partial charge in [-0.15, -0.1) is 0 Å². The third-order valence-electron chi connectivity index (χ3n) is 1.93. The number of hydrogen-bond acceptors (Lipinski definition) is 3. The zero-order valence-electron chi connectivity index (χ0n) is 7.48. The topological polar surface area (TPSA) is 69.0 Å². The minimum atomic E-state index is -0.419. The van der Waals surface area contributed by atoms with E-state index in [2.05, 4.69) is 4.98 Å². The third-order valence-corrected chi connectivity index (χ3v) is 1.93. The molecule has 14 heavy (non-hydrogen) atoms. The number of benzene rings is 1. The Hall–Kier alpha value is -2.04. The van der Waals surface area contributed by atoms with Gasteiger partial charge in [0, 0.05) is 0 Å². The summed E-state index contributed by atoms with van der Waals surface area (Å²) in [5.74, 6) is 0.578. The normalized spacial score (nSPS) is 10.4. The first-order valence-electron chi connectivity index (χ1n) is 4.01. The van der Waals surface area contributed by atoms with Gasteiger partial charge in [-0.2, -0.15) is 4.73 Å². The van der Waals surface area contributed by atoms with Crippen molar-refractivity contribution in [1.82, 2.24) is 4.98 Å². The molecule has 0 amide bonds. The lowest BCUT2D eigenvalue weighted by Gasteiger charge is -2.02. The van der Waals surface area contributed by atoms with Crippen molar-refractivity contribution in [3.05, 3.63) is 40.0 Å². The van der Waals surface area contributed by atoms with Gasteiger partial charge in [-0.05, 0) is 12.1 Å². The monoisotopic (exact) mass is 192 g/mol. The summed E-state index contributed by atoms with van der Waals surface area (Å²) in [6.45, 7) is 0. The van der Waals surface area contributed by atoms with Gasteiger partial charge >= 0.3 is 5.56 Å². The fraction of sp³-hybridized carbons (Fsp3) is 0.111. The van der Waals surface area contributed by atoms with Crippen molar-refractivity contribution in [2.75, 3.05) is 7.11 Å². The fourth-order valence-corrected chi connectivity index (χ4v) is 1.27. The van der Waals surface area contributed by atoms with Crippen LogP contribution < -0.4 is 15.0 Å². The molecule has 2 aromatic rings. The standard InChI is InChI=1S/C9H8N2O3/c1-14-6-2-3-7-8(4-6)11(13)5-9(12)10-7/h2-5H,1H3,(H,10,12). The number of rotatable bonds is 1. The van der Waals surface area contributed by atoms with Gasteiger partial charge in [0.2, 0.25) is 11.7 Å². The van der Waals surface area contributed by atoms with Crippen LogP contribution in [0.4, 0.5) is 0 Å². The van der Waals surface area contributed by atoms with Crippen molar-refractivity contribution in [1.29, 1.82) is 0 Å². The molecule has 2 rings (SSSR count). The number of nitrogens with zero attached hydrogens (tertiary/aromatic N) is 1. The van der Waals surface area contributed by atoms with E-state index < -0.39 is 5.56 Å². The van der Waals surface area contributed by atoms with Crippen LogP contribution in [-0.4, -0.2) is 12.1 Å². The lowest BCUT2D eigenvalue weighted by atomic mass is 10.3. The summed E-state index contributed by atoms with van der Waals surface area (Å²) >= 11 is 0. The van der Waals surface area contributed by atoms with Crippen LogP contribution in [0.2, 0.25) is 0 Å². The van der Waals surface area contributed by atoms with Crippen LogP contribution in [0.1, 0.15) is 0 Å². The Bertz CT molecular complexity index is 533. The number of hydrogen-bond donors (Lipinski definition) is 1. The maximum absolute atomic E-state index is 11.3. The second kappa shape index (κ2) is 3.02. The average molecular weight is 192 g/mol. The molecule has 0 aliphatic carbocycles. The molecule has 0 atom stereocenters. The van der Waals surface area contributed by atoms with Crippen molar-refractivity contribution >= 4 is 11.0 Å². The van der Waals surface area contributed by atoms with E-state index in [1.54, 1.807) is 18.2 Å². The highest BCUT2D eigenvalue weighted by molar-refractivity contribution is 5.72. The van der Waals surface area contributed by atoms with Crippen LogP contribution in [0.15, 0.2) is 29.2 Å². The maximum atomic E-state index is 11.3. The summed E-state index contributed by atoms with van der Waals surface area (Å²) in [4.78, 5) is 13.5. The van der Waals surface area contributed by atoms with E-state index >= 15 is 0 Å². The second-order valence-corrected chi connectivity index (χ2v) is 2.83. The minimum absolute atomic E-state index is 0.379. The molecule has 5 heteroatoms. The van der Waals surface area contributed by atoms with Crippen LogP contribution >= 0.6 is 0 Å². The fourth-order valence-electron chi connectivity index (χ4n) is 1.27. The Kier molecular flexibility index (Phi) is 1.85. The molecular formula is C9H8N2O3. The Labute approximate surface area is 79.2 Å². The molecule has 0 aliphatic heterocycles. The Morgan fingerprint density at radius 3 is 3.00 bits per heavy atom. The van der Waals surface area contributed by atoms with E-state index in [1.807, 2.05) is 0 Å². The molecule has 0 fully saturated rings. The number of fused-ring (bicyclic) bond motifs is 1. The van der Waals surface area contributed by atoms with Crippen LogP contribution in [0.25, 0.3) is 11.0 Å². The van der Waals surface area contributed by atoms with Crippen LogP contribution in [0.3, 0.4) is 0 Å². The largest absolute Gasteiger partial charge is 0.618 e. The smallest absolute Gasteiger partial charge is 0.314 e. The number of methoxy groups -OCH3 is 1. The van der Waals surface area contributed by atoms with Crippen molar-refractivity contribution in [2.24, 2.45) is 0 Å². The molecule has 0 spiro atoms. The van der Waals surface area contributed by atoms with Crippen molar-refractivity contribution in [3.8, 4) is 5.75 Å². The number of aromatic amines is 1. The van der Waals surface area contributed by atoms with E-state index in [9.17, 15) is 10.0 Å². The Balaban J connectivity index is 2.82. The number of H-pyrrole nitrogens is 1. The molecule has 0 saturated carbocycles. The first kappa shape index (κ1) is 8.55. The molecule has 1 N–H and O–H groups in total. The molecule has 0 bridgehead atoms. The summed E-state index contributed by atoms with van der Waals surface area (Å²) in [6.07, 6.45) is 0.946. The van der Waals surface area contributed by atoms with Gasteiger partial charge < -0.3 is 14.9 Å². The highest BCUT2D eigenvalue weighted by atomic mass is 16.5.